The van der Waals surface area contributed by atoms with E-state index >= 15 is 0 Å². The number of carbonyl (C=O) groups is 1. The summed E-state index contributed by atoms with van der Waals surface area (Å²) in [6, 6.07) is 0. The molecule has 0 aliphatic heterocycles. The lowest BCUT2D eigenvalue weighted by molar-refractivity contribution is -0.140. The van der Waals surface area contributed by atoms with E-state index in [4.69, 9.17) is 4.74 Å². The van der Waals surface area contributed by atoms with E-state index in [0.29, 0.717) is 12.5 Å². The van der Waals surface area contributed by atoms with Crippen molar-refractivity contribution in [2.45, 2.75) is 33.9 Å². The highest BCUT2D eigenvalue weighted by atomic mass is 16.5. The quantitative estimate of drug-likeness (QED) is 0.603. The molecule has 0 spiro atoms. The van der Waals surface area contributed by atoms with Gasteiger partial charge in [-0.1, -0.05) is 13.8 Å². The lowest BCUT2D eigenvalue weighted by Gasteiger charge is -2.24. The van der Waals surface area contributed by atoms with Gasteiger partial charge in [0, 0.05) is 14.0 Å². The van der Waals surface area contributed by atoms with Gasteiger partial charge in [-0.3, -0.25) is 4.79 Å². The van der Waals surface area contributed by atoms with Gasteiger partial charge in [0.1, 0.15) is 6.23 Å². The first-order valence-electron chi connectivity index (χ1n) is 4.30. The van der Waals surface area contributed by atoms with E-state index < -0.39 is 0 Å². The molecule has 72 valence electrons. The summed E-state index contributed by atoms with van der Waals surface area (Å²) in [7, 11) is 1.74. The van der Waals surface area contributed by atoms with Crippen LogP contribution < -0.4 is 0 Å². The summed E-state index contributed by atoms with van der Waals surface area (Å²) in [6.45, 7) is 8.28. The van der Waals surface area contributed by atoms with Crippen molar-refractivity contribution >= 4 is 5.91 Å². The molecule has 0 aliphatic carbocycles. The second kappa shape index (κ2) is 5.14. The Morgan fingerprint density at radius 2 is 1.92 bits per heavy atom. The molecule has 0 fully saturated rings. The number of rotatable bonds is 4. The Hall–Kier alpha value is -0.570. The largest absolute Gasteiger partial charge is 0.358 e. The average Bonchev–Trinajstić information content (AvgIpc) is 1.98. The highest BCUT2D eigenvalue weighted by Gasteiger charge is 2.11. The summed E-state index contributed by atoms with van der Waals surface area (Å²) in [5.41, 5.74) is 0. The van der Waals surface area contributed by atoms with E-state index in [0.717, 1.165) is 0 Å². The molecule has 0 rings (SSSR count). The molecule has 0 aromatic carbocycles. The maximum Gasteiger partial charge on any atom is 0.221 e. The van der Waals surface area contributed by atoms with E-state index in [2.05, 4.69) is 13.8 Å². The molecule has 0 aromatic rings. The van der Waals surface area contributed by atoms with Gasteiger partial charge >= 0.3 is 0 Å². The highest BCUT2D eigenvalue weighted by Crippen LogP contribution is 2.01. The molecule has 3 nitrogen and oxygen atoms in total. The zero-order valence-electron chi connectivity index (χ0n) is 8.63. The van der Waals surface area contributed by atoms with Crippen molar-refractivity contribution in [3.8, 4) is 0 Å². The van der Waals surface area contributed by atoms with Crippen LogP contribution in [0.2, 0.25) is 0 Å². The number of hydrogen-bond donors (Lipinski definition) is 0. The topological polar surface area (TPSA) is 29.5 Å². The fourth-order valence-corrected chi connectivity index (χ4v) is 0.700. The van der Waals surface area contributed by atoms with E-state index in [1.165, 1.54) is 6.92 Å². The minimum Gasteiger partial charge on any atom is -0.358 e. The Balaban J connectivity index is 3.71. The molecule has 3 heteroatoms. The third-order valence-corrected chi connectivity index (χ3v) is 1.71. The Morgan fingerprint density at radius 1 is 1.42 bits per heavy atom. The molecule has 0 aliphatic rings. The van der Waals surface area contributed by atoms with E-state index in [-0.39, 0.29) is 12.1 Å². The molecule has 12 heavy (non-hydrogen) atoms. The maximum atomic E-state index is 10.9. The Labute approximate surface area is 74.7 Å². The molecule has 0 bridgehead atoms. The molecule has 1 amide bonds. The average molecular weight is 173 g/mol. The molecule has 1 atom stereocenters. The van der Waals surface area contributed by atoms with Gasteiger partial charge in [-0.25, -0.2) is 0 Å². The van der Waals surface area contributed by atoms with Crippen LogP contribution in [-0.2, 0) is 9.53 Å². The first-order valence-corrected chi connectivity index (χ1v) is 4.30. The fraction of sp³-hybridized carbons (Fsp3) is 0.889. The predicted molar refractivity (Wildman–Crippen MR) is 48.7 cm³/mol. The second-order valence-corrected chi connectivity index (χ2v) is 3.46. The fourth-order valence-electron chi connectivity index (χ4n) is 0.700. The zero-order chi connectivity index (χ0) is 9.72. The van der Waals surface area contributed by atoms with Crippen LogP contribution in [0, 0.1) is 5.92 Å². The van der Waals surface area contributed by atoms with Crippen molar-refractivity contribution in [2.24, 2.45) is 5.92 Å². The standard InChI is InChI=1S/C9H19NO2/c1-7(2)6-12-9(4)10(5)8(3)11/h7,9H,6H2,1-5H3. The van der Waals surface area contributed by atoms with Crippen LogP contribution in [0.5, 0.6) is 0 Å². The number of amides is 1. The first kappa shape index (κ1) is 11.4. The molecular formula is C9H19NO2. The van der Waals surface area contributed by atoms with Crippen LogP contribution in [0.4, 0.5) is 0 Å². The van der Waals surface area contributed by atoms with Crippen molar-refractivity contribution in [1.82, 2.24) is 4.90 Å². The van der Waals surface area contributed by atoms with Crippen LogP contribution in [-0.4, -0.2) is 30.7 Å². The van der Waals surface area contributed by atoms with Gasteiger partial charge in [0.05, 0.1) is 6.61 Å². The van der Waals surface area contributed by atoms with Crippen molar-refractivity contribution < 1.29 is 9.53 Å². The Bertz CT molecular complexity index is 145. The molecular weight excluding hydrogens is 154 g/mol. The summed E-state index contributed by atoms with van der Waals surface area (Å²) in [4.78, 5) is 12.5. The lowest BCUT2D eigenvalue weighted by Crippen LogP contribution is -2.35. The highest BCUT2D eigenvalue weighted by molar-refractivity contribution is 5.72. The normalized spacial score (nSPS) is 13.2. The summed E-state index contributed by atoms with van der Waals surface area (Å²) in [5, 5.41) is 0. The van der Waals surface area contributed by atoms with E-state index in [1.807, 2.05) is 6.92 Å². The Kier molecular flexibility index (Phi) is 4.90. The molecule has 0 aromatic heterocycles. The number of carbonyl (C=O) groups excluding carboxylic acids is 1. The van der Waals surface area contributed by atoms with Crippen LogP contribution in [0.1, 0.15) is 27.7 Å². The number of ether oxygens (including phenoxy) is 1. The smallest absolute Gasteiger partial charge is 0.221 e. The maximum absolute atomic E-state index is 10.9. The predicted octanol–water partition coefficient (Wildman–Crippen LogP) is 1.48. The number of nitrogens with zero attached hydrogens (tertiary/aromatic N) is 1. The SMILES string of the molecule is CC(=O)N(C)C(C)OCC(C)C. The molecule has 0 heterocycles. The van der Waals surface area contributed by atoms with Crippen molar-refractivity contribution in [1.29, 1.82) is 0 Å². The molecule has 0 N–H and O–H groups in total. The third kappa shape index (κ3) is 4.34. The summed E-state index contributed by atoms with van der Waals surface area (Å²) < 4.78 is 5.43. The molecule has 1 unspecified atom stereocenters. The van der Waals surface area contributed by atoms with Gasteiger partial charge in [-0.15, -0.1) is 0 Å². The van der Waals surface area contributed by atoms with Crippen molar-refractivity contribution in [3.63, 3.8) is 0 Å². The van der Waals surface area contributed by atoms with Gasteiger partial charge < -0.3 is 9.64 Å². The van der Waals surface area contributed by atoms with Crippen LogP contribution >= 0.6 is 0 Å². The Morgan fingerprint density at radius 3 is 2.25 bits per heavy atom. The molecule has 0 radical (unpaired) electrons. The zero-order valence-corrected chi connectivity index (χ0v) is 8.63. The van der Waals surface area contributed by atoms with Gasteiger partial charge in [0.15, 0.2) is 0 Å². The summed E-state index contributed by atoms with van der Waals surface area (Å²) in [6.07, 6.45) is -0.120. The van der Waals surface area contributed by atoms with Crippen LogP contribution in [0.3, 0.4) is 0 Å². The van der Waals surface area contributed by atoms with Gasteiger partial charge in [0.25, 0.3) is 0 Å². The minimum absolute atomic E-state index is 0.0336. The minimum atomic E-state index is -0.120. The molecule has 0 saturated heterocycles. The number of hydrogen-bond acceptors (Lipinski definition) is 2. The monoisotopic (exact) mass is 173 g/mol. The summed E-state index contributed by atoms with van der Waals surface area (Å²) >= 11 is 0. The van der Waals surface area contributed by atoms with Gasteiger partial charge in [0.2, 0.25) is 5.91 Å². The molecule has 0 saturated carbocycles. The van der Waals surface area contributed by atoms with Gasteiger partial charge in [-0.2, -0.15) is 0 Å². The van der Waals surface area contributed by atoms with Crippen molar-refractivity contribution in [2.75, 3.05) is 13.7 Å². The van der Waals surface area contributed by atoms with E-state index in [9.17, 15) is 4.79 Å². The summed E-state index contributed by atoms with van der Waals surface area (Å²) in [5.74, 6) is 0.541. The van der Waals surface area contributed by atoms with Crippen LogP contribution in [0.25, 0.3) is 0 Å². The van der Waals surface area contributed by atoms with Gasteiger partial charge in [-0.05, 0) is 12.8 Å². The van der Waals surface area contributed by atoms with Crippen molar-refractivity contribution in [3.05, 3.63) is 0 Å². The second-order valence-electron chi connectivity index (χ2n) is 3.46. The lowest BCUT2D eigenvalue weighted by atomic mass is 10.2. The van der Waals surface area contributed by atoms with Crippen LogP contribution in [0.15, 0.2) is 0 Å². The third-order valence-electron chi connectivity index (χ3n) is 1.71. The van der Waals surface area contributed by atoms with E-state index in [1.54, 1.807) is 11.9 Å². The first-order chi connectivity index (χ1) is 5.45.